The maximum atomic E-state index is 13.3. The SMILES string of the molecule is Cc1cc(NCc2ccc(C(F)(F)F)cc2)ccc1CC(=O)c1cc(NC(=O)C2C(c3cc(Cl)cc(Cl)c3)C2(Cl)Cl)ccc1Cl. The molecule has 45 heavy (non-hydrogen) atoms. The minimum absolute atomic E-state index is 0.0504. The Morgan fingerprint density at radius 1 is 0.844 bits per heavy atom. The van der Waals surface area contributed by atoms with E-state index in [4.69, 9.17) is 58.0 Å². The first-order valence-corrected chi connectivity index (χ1v) is 15.5. The van der Waals surface area contributed by atoms with E-state index < -0.39 is 33.8 Å². The van der Waals surface area contributed by atoms with E-state index in [0.717, 1.165) is 28.9 Å². The maximum absolute atomic E-state index is 13.3. The summed E-state index contributed by atoms with van der Waals surface area (Å²) in [7, 11) is 0. The van der Waals surface area contributed by atoms with Gasteiger partial charge in [0.25, 0.3) is 0 Å². The monoisotopic (exact) mass is 712 g/mol. The number of rotatable bonds is 9. The van der Waals surface area contributed by atoms with Crippen LogP contribution < -0.4 is 10.6 Å². The van der Waals surface area contributed by atoms with E-state index in [1.807, 2.05) is 13.0 Å². The Hall–Kier alpha value is -2.94. The van der Waals surface area contributed by atoms with E-state index >= 15 is 0 Å². The first-order chi connectivity index (χ1) is 21.1. The van der Waals surface area contributed by atoms with Gasteiger partial charge in [0.2, 0.25) is 5.91 Å². The molecule has 4 aromatic carbocycles. The molecule has 234 valence electrons. The number of nitrogens with one attached hydrogen (secondary N) is 2. The van der Waals surface area contributed by atoms with Gasteiger partial charge in [-0.1, -0.05) is 53.0 Å². The number of hydrogen-bond acceptors (Lipinski definition) is 3. The zero-order valence-electron chi connectivity index (χ0n) is 23.4. The van der Waals surface area contributed by atoms with Gasteiger partial charge in [0.05, 0.1) is 16.5 Å². The van der Waals surface area contributed by atoms with Crippen molar-refractivity contribution in [2.75, 3.05) is 10.6 Å². The fourth-order valence-corrected chi connectivity index (χ4v) is 6.74. The molecular formula is C33H24Cl5F3N2O2. The van der Waals surface area contributed by atoms with Gasteiger partial charge in [-0.3, -0.25) is 9.59 Å². The Balaban J connectivity index is 1.22. The number of carbonyl (C=O) groups excluding carboxylic acids is 2. The summed E-state index contributed by atoms with van der Waals surface area (Å²) in [5.74, 6) is -2.00. The number of carbonyl (C=O) groups is 2. The second kappa shape index (κ2) is 13.0. The number of anilines is 2. The molecule has 1 amide bonds. The van der Waals surface area contributed by atoms with Gasteiger partial charge in [-0.2, -0.15) is 13.2 Å². The lowest BCUT2D eigenvalue weighted by Gasteiger charge is -2.13. The van der Waals surface area contributed by atoms with E-state index in [1.165, 1.54) is 24.3 Å². The number of benzene rings is 4. The van der Waals surface area contributed by atoms with Crippen LogP contribution in [-0.4, -0.2) is 16.0 Å². The molecule has 2 atom stereocenters. The van der Waals surface area contributed by atoms with Crippen LogP contribution >= 0.6 is 58.0 Å². The highest BCUT2D eigenvalue weighted by Gasteiger charge is 2.67. The van der Waals surface area contributed by atoms with Gasteiger partial charge in [-0.25, -0.2) is 0 Å². The molecule has 1 saturated carbocycles. The fourth-order valence-electron chi connectivity index (χ4n) is 5.15. The molecule has 0 aromatic heterocycles. The van der Waals surface area contributed by atoms with Crippen molar-refractivity contribution in [1.29, 1.82) is 0 Å². The number of ketones is 1. The van der Waals surface area contributed by atoms with Crippen molar-refractivity contribution in [3.05, 3.63) is 127 Å². The molecule has 4 nitrogen and oxygen atoms in total. The molecule has 12 heteroatoms. The summed E-state index contributed by atoms with van der Waals surface area (Å²) < 4.78 is 37.1. The van der Waals surface area contributed by atoms with Crippen LogP contribution in [0.4, 0.5) is 24.5 Å². The van der Waals surface area contributed by atoms with Crippen LogP contribution in [0.5, 0.6) is 0 Å². The highest BCUT2D eigenvalue weighted by molar-refractivity contribution is 6.53. The standard InChI is InChI=1S/C33H24Cl5F3N2O2/c1-17-10-24(42-16-18-2-5-21(6-3-18)33(39,40)41)7-4-19(17)13-28(44)26-15-25(8-9-27(26)36)43-31(45)30-29(32(30,37)38)20-11-22(34)14-23(35)12-20/h2-12,14-15,29-30,42H,13,16H2,1H3,(H,43,45). The molecule has 0 heterocycles. The minimum Gasteiger partial charge on any atom is -0.381 e. The fraction of sp³-hybridized carbons (Fsp3) is 0.212. The molecular weight excluding hydrogens is 691 g/mol. The van der Waals surface area contributed by atoms with Gasteiger partial charge in [0.15, 0.2) is 5.78 Å². The highest BCUT2D eigenvalue weighted by atomic mass is 35.5. The third-order valence-electron chi connectivity index (χ3n) is 7.59. The molecule has 0 spiro atoms. The van der Waals surface area contributed by atoms with Gasteiger partial charge in [0, 0.05) is 45.9 Å². The Morgan fingerprint density at radius 3 is 2.11 bits per heavy atom. The molecule has 0 bridgehead atoms. The summed E-state index contributed by atoms with van der Waals surface area (Å²) in [6, 6.07) is 19.9. The Kier molecular flexibility index (Phi) is 9.69. The molecule has 0 radical (unpaired) electrons. The van der Waals surface area contributed by atoms with Gasteiger partial charge in [0.1, 0.15) is 4.33 Å². The summed E-state index contributed by atoms with van der Waals surface area (Å²) in [5.41, 5.74) is 3.56. The second-order valence-corrected chi connectivity index (χ2v) is 13.5. The molecule has 1 aliphatic carbocycles. The number of amides is 1. The van der Waals surface area contributed by atoms with Gasteiger partial charge < -0.3 is 10.6 Å². The quantitative estimate of drug-likeness (QED) is 0.134. The highest BCUT2D eigenvalue weighted by Crippen LogP contribution is 2.65. The van der Waals surface area contributed by atoms with E-state index in [9.17, 15) is 22.8 Å². The average molecular weight is 715 g/mol. The summed E-state index contributed by atoms with van der Waals surface area (Å²) in [6.07, 6.45) is -4.33. The summed E-state index contributed by atoms with van der Waals surface area (Å²) in [6.45, 7) is 2.18. The van der Waals surface area contributed by atoms with E-state index in [-0.39, 0.29) is 22.8 Å². The van der Waals surface area contributed by atoms with Crippen LogP contribution in [0.3, 0.4) is 0 Å². The first kappa shape index (κ1) is 33.4. The number of Topliss-reactive ketones (excluding diaryl/α,β-unsaturated/α-hetero) is 1. The third kappa shape index (κ3) is 7.72. The smallest absolute Gasteiger partial charge is 0.381 e. The lowest BCUT2D eigenvalue weighted by Crippen LogP contribution is -2.17. The predicted octanol–water partition coefficient (Wildman–Crippen LogP) is 10.5. The molecule has 0 saturated heterocycles. The van der Waals surface area contributed by atoms with Crippen molar-refractivity contribution in [3.8, 4) is 0 Å². The molecule has 2 unspecified atom stereocenters. The number of aryl methyl sites for hydroxylation is 1. The topological polar surface area (TPSA) is 58.2 Å². The summed E-state index contributed by atoms with van der Waals surface area (Å²) in [4.78, 5) is 26.5. The van der Waals surface area contributed by atoms with Crippen LogP contribution in [0.1, 0.15) is 44.1 Å². The van der Waals surface area contributed by atoms with E-state index in [2.05, 4.69) is 10.6 Å². The van der Waals surface area contributed by atoms with Crippen molar-refractivity contribution in [2.24, 2.45) is 5.92 Å². The lowest BCUT2D eigenvalue weighted by atomic mass is 9.98. The third-order valence-corrected chi connectivity index (χ3v) is 9.29. The normalized spacial score (nSPS) is 17.1. The molecule has 5 rings (SSSR count). The van der Waals surface area contributed by atoms with Gasteiger partial charge in [-0.15, -0.1) is 23.2 Å². The zero-order valence-corrected chi connectivity index (χ0v) is 27.2. The lowest BCUT2D eigenvalue weighted by molar-refractivity contribution is -0.137. The largest absolute Gasteiger partial charge is 0.416 e. The predicted molar refractivity (Wildman–Crippen MR) is 175 cm³/mol. The van der Waals surface area contributed by atoms with Crippen molar-refractivity contribution in [2.45, 2.75) is 36.3 Å². The van der Waals surface area contributed by atoms with E-state index in [0.29, 0.717) is 33.4 Å². The second-order valence-electron chi connectivity index (χ2n) is 10.8. The van der Waals surface area contributed by atoms with E-state index in [1.54, 1.807) is 36.4 Å². The van der Waals surface area contributed by atoms with Crippen molar-refractivity contribution < 1.29 is 22.8 Å². The van der Waals surface area contributed by atoms with Crippen LogP contribution in [0, 0.1) is 12.8 Å². The first-order valence-electron chi connectivity index (χ1n) is 13.6. The molecule has 1 aliphatic rings. The van der Waals surface area contributed by atoms with Crippen molar-refractivity contribution in [1.82, 2.24) is 0 Å². The maximum Gasteiger partial charge on any atom is 0.416 e. The van der Waals surface area contributed by atoms with Crippen molar-refractivity contribution >= 4 is 81.1 Å². The molecule has 4 aromatic rings. The Bertz CT molecular complexity index is 1760. The van der Waals surface area contributed by atoms with Crippen LogP contribution in [0.15, 0.2) is 78.9 Å². The summed E-state index contributed by atoms with van der Waals surface area (Å²) in [5, 5.41) is 6.99. The van der Waals surface area contributed by atoms with Gasteiger partial charge >= 0.3 is 6.18 Å². The Morgan fingerprint density at radius 2 is 1.49 bits per heavy atom. The average Bonchev–Trinajstić information content (AvgIpc) is 3.55. The van der Waals surface area contributed by atoms with Gasteiger partial charge in [-0.05, 0) is 89.8 Å². The van der Waals surface area contributed by atoms with Crippen molar-refractivity contribution in [3.63, 3.8) is 0 Å². The number of hydrogen-bond donors (Lipinski definition) is 2. The molecule has 0 aliphatic heterocycles. The summed E-state index contributed by atoms with van der Waals surface area (Å²) >= 11 is 31.5. The van der Waals surface area contributed by atoms with Crippen LogP contribution in [0.25, 0.3) is 0 Å². The molecule has 2 N–H and O–H groups in total. The zero-order chi connectivity index (χ0) is 32.7. The number of alkyl halides is 5. The number of halogens is 8. The van der Waals surface area contributed by atoms with Crippen LogP contribution in [-0.2, 0) is 23.9 Å². The Labute approximate surface area is 282 Å². The van der Waals surface area contributed by atoms with Crippen LogP contribution in [0.2, 0.25) is 15.1 Å². The molecule has 1 fully saturated rings. The minimum atomic E-state index is -4.38.